The van der Waals surface area contributed by atoms with E-state index in [0.29, 0.717) is 36.3 Å². The van der Waals surface area contributed by atoms with Crippen molar-refractivity contribution >= 4 is 17.7 Å². The quantitative estimate of drug-likeness (QED) is 0.665. The summed E-state index contributed by atoms with van der Waals surface area (Å²) in [6, 6.07) is 13.7. The van der Waals surface area contributed by atoms with Gasteiger partial charge in [-0.1, -0.05) is 42.1 Å². The molecule has 7 heteroatoms. The van der Waals surface area contributed by atoms with E-state index in [0.717, 1.165) is 5.56 Å². The Morgan fingerprint density at radius 1 is 1.17 bits per heavy atom. The Morgan fingerprint density at radius 3 is 2.75 bits per heavy atom. The van der Waals surface area contributed by atoms with Crippen LogP contribution in [0.1, 0.15) is 12.0 Å². The zero-order chi connectivity index (χ0) is 16.4. The highest BCUT2D eigenvalue weighted by atomic mass is 32.2. The molecule has 24 heavy (non-hydrogen) atoms. The lowest BCUT2D eigenvalue weighted by Crippen LogP contribution is -2.12. The molecule has 6 nitrogen and oxygen atoms in total. The summed E-state index contributed by atoms with van der Waals surface area (Å²) in [4.78, 5) is 11.8. The van der Waals surface area contributed by atoms with Crippen LogP contribution in [-0.2, 0) is 16.1 Å². The highest BCUT2D eigenvalue weighted by molar-refractivity contribution is 8.00. The summed E-state index contributed by atoms with van der Waals surface area (Å²) in [5, 5.41) is 9.00. The Kier molecular flexibility index (Phi) is 4.08. The van der Waals surface area contributed by atoms with Crippen LogP contribution in [0.15, 0.2) is 58.3 Å². The number of ether oxygens (including phenoxy) is 1. The number of nitrogens with zero attached hydrogens (tertiary/aromatic N) is 3. The maximum Gasteiger partial charge on any atom is 0.319 e. The number of aromatic nitrogens is 3. The molecule has 1 aromatic carbocycles. The first-order valence-corrected chi connectivity index (χ1v) is 8.53. The van der Waals surface area contributed by atoms with Gasteiger partial charge in [-0.05, 0) is 17.7 Å². The van der Waals surface area contributed by atoms with E-state index in [4.69, 9.17) is 9.15 Å². The normalized spacial score (nSPS) is 17.2. The van der Waals surface area contributed by atoms with Gasteiger partial charge in [0.2, 0.25) is 5.82 Å². The van der Waals surface area contributed by atoms with Crippen LogP contribution >= 0.6 is 11.8 Å². The van der Waals surface area contributed by atoms with Crippen molar-refractivity contribution in [3.63, 3.8) is 0 Å². The molecule has 122 valence electrons. The lowest BCUT2D eigenvalue weighted by molar-refractivity contribution is -0.137. The third kappa shape index (κ3) is 2.94. The van der Waals surface area contributed by atoms with Crippen LogP contribution in [-0.4, -0.2) is 32.6 Å². The van der Waals surface area contributed by atoms with Crippen molar-refractivity contribution in [1.82, 2.24) is 14.8 Å². The number of thioether (sulfide) groups is 1. The average Bonchev–Trinajstić information content (AvgIpc) is 3.32. The van der Waals surface area contributed by atoms with Crippen molar-refractivity contribution in [1.29, 1.82) is 0 Å². The monoisotopic (exact) mass is 341 g/mol. The summed E-state index contributed by atoms with van der Waals surface area (Å²) in [5.41, 5.74) is 1.13. The second kappa shape index (κ2) is 6.52. The molecule has 0 aliphatic carbocycles. The molecule has 0 unspecified atom stereocenters. The molecule has 1 saturated heterocycles. The van der Waals surface area contributed by atoms with Crippen LogP contribution in [0.3, 0.4) is 0 Å². The van der Waals surface area contributed by atoms with Crippen LogP contribution < -0.4 is 0 Å². The van der Waals surface area contributed by atoms with E-state index in [2.05, 4.69) is 10.2 Å². The van der Waals surface area contributed by atoms with E-state index in [1.807, 2.05) is 47.0 Å². The Balaban J connectivity index is 1.69. The molecular weight excluding hydrogens is 326 g/mol. The topological polar surface area (TPSA) is 70.2 Å². The van der Waals surface area contributed by atoms with Gasteiger partial charge < -0.3 is 9.15 Å². The molecule has 0 radical (unpaired) electrons. The van der Waals surface area contributed by atoms with Crippen LogP contribution in [0.5, 0.6) is 0 Å². The molecule has 1 aliphatic heterocycles. The highest BCUT2D eigenvalue weighted by Gasteiger charge is 2.30. The minimum absolute atomic E-state index is 0.186. The molecule has 0 N–H and O–H groups in total. The summed E-state index contributed by atoms with van der Waals surface area (Å²) < 4.78 is 12.5. The van der Waals surface area contributed by atoms with Gasteiger partial charge >= 0.3 is 5.97 Å². The Bertz CT molecular complexity index is 830. The zero-order valence-electron chi connectivity index (χ0n) is 12.8. The first kappa shape index (κ1) is 15.0. The van der Waals surface area contributed by atoms with E-state index in [9.17, 15) is 4.79 Å². The number of hydrogen-bond donors (Lipinski definition) is 0. The Hall–Kier alpha value is -2.54. The van der Waals surface area contributed by atoms with Gasteiger partial charge in [0.25, 0.3) is 0 Å². The van der Waals surface area contributed by atoms with E-state index in [1.165, 1.54) is 11.8 Å². The fourth-order valence-electron chi connectivity index (χ4n) is 2.58. The Labute approximate surface area is 142 Å². The zero-order valence-corrected chi connectivity index (χ0v) is 13.6. The van der Waals surface area contributed by atoms with Crippen molar-refractivity contribution in [2.24, 2.45) is 0 Å². The van der Waals surface area contributed by atoms with Gasteiger partial charge in [-0.3, -0.25) is 9.36 Å². The minimum Gasteiger partial charge on any atom is -0.465 e. The summed E-state index contributed by atoms with van der Waals surface area (Å²) in [5.74, 6) is 1.12. The van der Waals surface area contributed by atoms with Crippen LogP contribution in [0.25, 0.3) is 11.6 Å². The number of hydrogen-bond acceptors (Lipinski definition) is 6. The van der Waals surface area contributed by atoms with Gasteiger partial charge in [-0.25, -0.2) is 0 Å². The molecule has 1 fully saturated rings. The SMILES string of the molecule is O=C1OCC[C@@H]1Sc1nnc(-c2ccco2)n1Cc1ccccc1. The molecule has 1 atom stereocenters. The third-order valence-electron chi connectivity index (χ3n) is 3.78. The summed E-state index contributed by atoms with van der Waals surface area (Å²) >= 11 is 1.40. The second-order valence-electron chi connectivity index (χ2n) is 5.42. The molecule has 1 aliphatic rings. The number of furan rings is 1. The van der Waals surface area contributed by atoms with Crippen molar-refractivity contribution < 1.29 is 13.9 Å². The number of benzene rings is 1. The maximum atomic E-state index is 11.8. The predicted octanol–water partition coefficient (Wildman–Crippen LogP) is 2.99. The molecule has 0 bridgehead atoms. The third-order valence-corrected chi connectivity index (χ3v) is 5.00. The van der Waals surface area contributed by atoms with Crippen molar-refractivity contribution in [2.75, 3.05) is 6.61 Å². The number of esters is 1. The molecule has 3 aromatic rings. The van der Waals surface area contributed by atoms with E-state index in [-0.39, 0.29) is 11.2 Å². The van der Waals surface area contributed by atoms with Crippen LogP contribution in [0.4, 0.5) is 0 Å². The van der Waals surface area contributed by atoms with E-state index >= 15 is 0 Å². The largest absolute Gasteiger partial charge is 0.465 e. The fraction of sp³-hybridized carbons (Fsp3) is 0.235. The number of rotatable bonds is 5. The van der Waals surface area contributed by atoms with Gasteiger partial charge in [0, 0.05) is 6.42 Å². The lowest BCUT2D eigenvalue weighted by atomic mass is 10.2. The van der Waals surface area contributed by atoms with E-state index < -0.39 is 0 Å². The first-order chi connectivity index (χ1) is 11.8. The average molecular weight is 341 g/mol. The number of carbonyl (C=O) groups is 1. The van der Waals surface area contributed by atoms with Crippen molar-refractivity contribution in [2.45, 2.75) is 23.4 Å². The van der Waals surface area contributed by atoms with Crippen LogP contribution in [0, 0.1) is 0 Å². The smallest absolute Gasteiger partial charge is 0.319 e. The molecule has 4 rings (SSSR count). The van der Waals surface area contributed by atoms with Crippen LogP contribution in [0.2, 0.25) is 0 Å². The molecule has 0 spiro atoms. The standard InChI is InChI=1S/C17H15N3O3S/c21-16-14(8-10-23-16)24-17-19-18-15(13-7-4-9-22-13)20(17)11-12-5-2-1-3-6-12/h1-7,9,14H,8,10-11H2/t14-/m0/s1. The maximum absolute atomic E-state index is 11.8. The summed E-state index contributed by atoms with van der Waals surface area (Å²) in [6.07, 6.45) is 2.30. The molecule has 2 aromatic heterocycles. The Morgan fingerprint density at radius 2 is 2.04 bits per heavy atom. The van der Waals surface area contributed by atoms with Gasteiger partial charge in [0.1, 0.15) is 5.25 Å². The fourth-order valence-corrected chi connectivity index (χ4v) is 3.58. The van der Waals surface area contributed by atoms with Crippen molar-refractivity contribution in [3.05, 3.63) is 54.3 Å². The summed E-state index contributed by atoms with van der Waals surface area (Å²) in [7, 11) is 0. The molecular formula is C17H15N3O3S. The number of carbonyl (C=O) groups excluding carboxylic acids is 1. The molecule has 0 saturated carbocycles. The lowest BCUT2D eigenvalue weighted by Gasteiger charge is -2.10. The van der Waals surface area contributed by atoms with Gasteiger partial charge in [0.05, 0.1) is 19.4 Å². The van der Waals surface area contributed by atoms with Gasteiger partial charge in [-0.2, -0.15) is 0 Å². The van der Waals surface area contributed by atoms with E-state index in [1.54, 1.807) is 6.26 Å². The predicted molar refractivity (Wildman–Crippen MR) is 88.5 cm³/mol. The van der Waals surface area contributed by atoms with Crippen molar-refractivity contribution in [3.8, 4) is 11.6 Å². The second-order valence-corrected chi connectivity index (χ2v) is 6.59. The van der Waals surface area contributed by atoms with Gasteiger partial charge in [0.15, 0.2) is 10.9 Å². The number of cyclic esters (lactones) is 1. The first-order valence-electron chi connectivity index (χ1n) is 7.65. The molecule has 0 amide bonds. The summed E-state index contributed by atoms with van der Waals surface area (Å²) in [6.45, 7) is 1.07. The highest BCUT2D eigenvalue weighted by Crippen LogP contribution is 2.31. The minimum atomic E-state index is -0.229. The van der Waals surface area contributed by atoms with Gasteiger partial charge in [-0.15, -0.1) is 10.2 Å². The molecule has 3 heterocycles.